The summed E-state index contributed by atoms with van der Waals surface area (Å²) in [4.78, 5) is 0. The van der Waals surface area contributed by atoms with Crippen molar-refractivity contribution in [2.24, 2.45) is 23.2 Å². The Labute approximate surface area is 362 Å². The summed E-state index contributed by atoms with van der Waals surface area (Å²) in [6.45, 7) is 41.4. The van der Waals surface area contributed by atoms with E-state index < -0.39 is 25.0 Å². The van der Waals surface area contributed by atoms with Crippen LogP contribution in [0, 0.1) is 23.2 Å². The molecule has 0 unspecified atom stereocenters. The van der Waals surface area contributed by atoms with E-state index in [0.717, 1.165) is 24.7 Å². The van der Waals surface area contributed by atoms with Crippen LogP contribution < -0.4 is 0 Å². The van der Waals surface area contributed by atoms with E-state index in [2.05, 4.69) is 159 Å². The van der Waals surface area contributed by atoms with Crippen molar-refractivity contribution in [1.29, 1.82) is 0 Å². The van der Waals surface area contributed by atoms with E-state index in [4.69, 9.17) is 18.0 Å². The van der Waals surface area contributed by atoms with E-state index in [-0.39, 0.29) is 34.0 Å². The molecule has 0 radical (unpaired) electrons. The maximum atomic E-state index is 7.40. The molecule has 3 aliphatic carbocycles. The lowest BCUT2D eigenvalue weighted by molar-refractivity contribution is -0.107. The first-order valence-corrected chi connectivity index (χ1v) is 32.3. The van der Waals surface area contributed by atoms with Crippen LogP contribution in [-0.2, 0) is 24.6 Å². The summed E-state index contributed by atoms with van der Waals surface area (Å²) >= 11 is 0. The number of hydrogen-bond acceptors (Lipinski definition) is 4. The van der Waals surface area contributed by atoms with Crippen LogP contribution in [-0.4, -0.2) is 48.9 Å². The topological polar surface area (TPSA) is 36.9 Å². The summed E-state index contributed by atoms with van der Waals surface area (Å²) in [5, 5.41) is 0.213. The van der Waals surface area contributed by atoms with Crippen molar-refractivity contribution >= 4 is 25.0 Å². The van der Waals surface area contributed by atoms with Gasteiger partial charge in [-0.2, -0.15) is 0 Å². The van der Waals surface area contributed by atoms with Gasteiger partial charge in [-0.25, -0.2) is 0 Å². The molecule has 3 aliphatic rings. The lowest BCUT2D eigenvalue weighted by atomic mass is 9.60. The van der Waals surface area contributed by atoms with E-state index in [1.807, 2.05) is 0 Å². The summed E-state index contributed by atoms with van der Waals surface area (Å²) in [5.41, 5.74) is 4.77. The van der Waals surface area contributed by atoms with Gasteiger partial charge >= 0.3 is 0 Å². The highest BCUT2D eigenvalue weighted by Gasteiger charge is 2.51. The van der Waals surface area contributed by atoms with Gasteiger partial charge in [-0.3, -0.25) is 0 Å². The molecule has 4 rings (SSSR count). The highest BCUT2D eigenvalue weighted by atomic mass is 28.4. The first kappa shape index (κ1) is 49.8. The zero-order valence-electron chi connectivity index (χ0n) is 41.0. The van der Waals surface area contributed by atoms with E-state index in [0.29, 0.717) is 17.9 Å². The highest BCUT2D eigenvalue weighted by molar-refractivity contribution is 6.74. The number of allylic oxidation sites excluding steroid dienone is 3. The van der Waals surface area contributed by atoms with Crippen LogP contribution in [0.2, 0.25) is 54.4 Å². The van der Waals surface area contributed by atoms with Gasteiger partial charge in [0.25, 0.3) is 0 Å². The molecule has 4 nitrogen and oxygen atoms in total. The minimum absolute atomic E-state index is 0.0129. The second-order valence-corrected chi connectivity index (χ2v) is 37.3. The van der Waals surface area contributed by atoms with Crippen LogP contribution in [0.3, 0.4) is 0 Å². The van der Waals surface area contributed by atoms with E-state index in [1.54, 1.807) is 5.57 Å². The van der Waals surface area contributed by atoms with Crippen molar-refractivity contribution in [2.45, 2.75) is 239 Å². The molecule has 0 bridgehead atoms. The van der Waals surface area contributed by atoms with Crippen LogP contribution in [0.25, 0.3) is 0 Å². The molecule has 0 saturated heterocycles. The summed E-state index contributed by atoms with van der Waals surface area (Å²) < 4.78 is 28.8. The van der Waals surface area contributed by atoms with E-state index >= 15 is 0 Å². The standard InChI is InChI=1S/C51H92O4Si3/c1-18-58(19-2,20-3)55-50(11,12)34-24-26-39(4)43-32-33-44-42(29-25-35-51(43,44)13)31-30-41-36-45(53-56(14,15)48(5,6)7)47(52-38-40-27-22-21-23-28-40)46(37-41)54-57(16,17)49(8,9)10/h21-23,27-28,30-31,39,43-47H,18-20,24-26,29,32-38H2,1-17H3/b41-30?,42-31+/t39-,43-,44+,45-,46-,47?,51-/m1/s1. The minimum atomic E-state index is -2.11. The molecule has 0 aliphatic heterocycles. The third kappa shape index (κ3) is 12.2. The van der Waals surface area contributed by atoms with Gasteiger partial charge in [-0.15, -0.1) is 0 Å². The zero-order valence-corrected chi connectivity index (χ0v) is 44.0. The Morgan fingerprint density at radius 3 is 1.86 bits per heavy atom. The molecule has 1 aromatic carbocycles. The van der Waals surface area contributed by atoms with Crippen LogP contribution in [0.15, 0.2) is 53.6 Å². The van der Waals surface area contributed by atoms with Gasteiger partial charge in [0.05, 0.1) is 24.4 Å². The summed E-state index contributed by atoms with van der Waals surface area (Å²) in [6.07, 6.45) is 17.2. The Morgan fingerprint density at radius 2 is 1.34 bits per heavy atom. The average Bonchev–Trinajstić information content (AvgIpc) is 3.49. The molecule has 0 aromatic heterocycles. The Kier molecular flexibility index (Phi) is 16.9. The fourth-order valence-electron chi connectivity index (χ4n) is 10.6. The molecule has 332 valence electrons. The molecule has 3 saturated carbocycles. The normalized spacial score (nSPS) is 27.8. The minimum Gasteiger partial charge on any atom is -0.412 e. The van der Waals surface area contributed by atoms with Crippen molar-refractivity contribution in [2.75, 3.05) is 0 Å². The van der Waals surface area contributed by atoms with Crippen LogP contribution >= 0.6 is 0 Å². The van der Waals surface area contributed by atoms with Gasteiger partial charge in [0.15, 0.2) is 25.0 Å². The predicted octanol–water partition coefficient (Wildman–Crippen LogP) is 15.8. The SMILES string of the molecule is CC[Si](CC)(CC)OC(C)(C)CCC[C@@H](C)[C@H]1CC[C@H]2/C(=C/C=C3C[C@@H](O[Si](C)(C)C(C)(C)C)C(OCc4ccccc4)[C@H](O[Si](C)(C)C(C)(C)C)C3)CCC[C@]12C. The maximum Gasteiger partial charge on any atom is 0.192 e. The van der Waals surface area contributed by atoms with Crippen molar-refractivity contribution in [3.8, 4) is 0 Å². The first-order chi connectivity index (χ1) is 26.8. The van der Waals surface area contributed by atoms with Crippen molar-refractivity contribution < 1.29 is 18.0 Å². The predicted molar refractivity (Wildman–Crippen MR) is 258 cm³/mol. The molecule has 58 heavy (non-hydrogen) atoms. The largest absolute Gasteiger partial charge is 0.412 e. The second-order valence-electron chi connectivity index (χ2n) is 23.1. The third-order valence-electron chi connectivity index (χ3n) is 16.6. The lowest BCUT2D eigenvalue weighted by Crippen LogP contribution is -2.56. The van der Waals surface area contributed by atoms with E-state index in [1.165, 1.54) is 80.6 Å². The van der Waals surface area contributed by atoms with Gasteiger partial charge < -0.3 is 18.0 Å². The molecule has 6 atom stereocenters. The molecule has 0 amide bonds. The summed E-state index contributed by atoms with van der Waals surface area (Å²) in [6, 6.07) is 14.3. The molecular weight excluding hydrogens is 761 g/mol. The van der Waals surface area contributed by atoms with Gasteiger partial charge in [0.2, 0.25) is 0 Å². The van der Waals surface area contributed by atoms with Gasteiger partial charge in [0.1, 0.15) is 6.10 Å². The average molecular weight is 854 g/mol. The fraction of sp³-hybridized carbons (Fsp3) is 0.804. The van der Waals surface area contributed by atoms with Crippen molar-refractivity contribution in [3.63, 3.8) is 0 Å². The molecule has 0 spiro atoms. The molecule has 1 aromatic rings. The molecular formula is C51H92O4Si3. The summed E-state index contributed by atoms with van der Waals surface area (Å²) in [7, 11) is -5.83. The third-order valence-corrected chi connectivity index (χ3v) is 30.4. The highest BCUT2D eigenvalue weighted by Crippen LogP contribution is 2.60. The van der Waals surface area contributed by atoms with Gasteiger partial charge in [-0.05, 0) is 148 Å². The Bertz CT molecular complexity index is 1450. The molecule has 0 N–H and O–H groups in total. The Balaban J connectivity index is 1.57. The van der Waals surface area contributed by atoms with Crippen molar-refractivity contribution in [1.82, 2.24) is 0 Å². The lowest BCUT2D eigenvalue weighted by Gasteiger charge is -2.48. The first-order valence-electron chi connectivity index (χ1n) is 23.9. The molecule has 7 heteroatoms. The number of benzene rings is 1. The maximum absolute atomic E-state index is 7.40. The Morgan fingerprint density at radius 1 is 0.793 bits per heavy atom. The number of ether oxygens (including phenoxy) is 1. The molecule has 3 fully saturated rings. The smallest absolute Gasteiger partial charge is 0.192 e. The van der Waals surface area contributed by atoms with Crippen LogP contribution in [0.5, 0.6) is 0 Å². The number of fused-ring (bicyclic) bond motifs is 1. The monoisotopic (exact) mass is 853 g/mol. The zero-order chi connectivity index (χ0) is 43.4. The van der Waals surface area contributed by atoms with Crippen LogP contribution in [0.1, 0.15) is 160 Å². The van der Waals surface area contributed by atoms with Crippen molar-refractivity contribution in [3.05, 3.63) is 59.2 Å². The Hall–Kier alpha value is -0.809. The quantitative estimate of drug-likeness (QED) is 0.138. The number of rotatable bonds is 18. The fourth-order valence-corrected chi connectivity index (χ4v) is 16.5. The number of hydrogen-bond donors (Lipinski definition) is 0. The van der Waals surface area contributed by atoms with Gasteiger partial charge in [0, 0.05) is 0 Å². The van der Waals surface area contributed by atoms with E-state index in [9.17, 15) is 0 Å². The molecule has 0 heterocycles. The second kappa shape index (κ2) is 19.7. The summed E-state index contributed by atoms with van der Waals surface area (Å²) in [5.74, 6) is 2.25. The van der Waals surface area contributed by atoms with Gasteiger partial charge in [-0.1, -0.05) is 143 Å². The van der Waals surface area contributed by atoms with Crippen LogP contribution in [0.4, 0.5) is 0 Å².